The van der Waals surface area contributed by atoms with Gasteiger partial charge < -0.3 is 9.55 Å². The van der Waals surface area contributed by atoms with Crippen LogP contribution in [0.3, 0.4) is 0 Å². The third-order valence-electron chi connectivity index (χ3n) is 4.34. The van der Waals surface area contributed by atoms with Gasteiger partial charge in [-0.15, -0.1) is 0 Å². The predicted octanol–water partition coefficient (Wildman–Crippen LogP) is 4.30. The van der Waals surface area contributed by atoms with E-state index < -0.39 is 0 Å². The Labute approximate surface area is 107 Å². The molecule has 17 heavy (non-hydrogen) atoms. The molecule has 1 fully saturated rings. The molecule has 1 aromatic carbocycles. The van der Waals surface area contributed by atoms with Gasteiger partial charge in [0.1, 0.15) is 0 Å². The summed E-state index contributed by atoms with van der Waals surface area (Å²) in [5.41, 5.74) is 4.04. The van der Waals surface area contributed by atoms with Crippen molar-refractivity contribution in [1.82, 2.24) is 9.55 Å². The van der Waals surface area contributed by atoms with Crippen molar-refractivity contribution < 1.29 is 0 Å². The number of aryl methyl sites for hydroxylation is 1. The van der Waals surface area contributed by atoms with Crippen LogP contribution in [0.5, 0.6) is 0 Å². The van der Waals surface area contributed by atoms with E-state index in [4.69, 9.17) is 12.2 Å². The molecule has 3 rings (SSSR count). The molecule has 0 unspecified atom stereocenters. The molecule has 90 valence electrons. The number of rotatable bonds is 2. The second-order valence-electron chi connectivity index (χ2n) is 5.17. The van der Waals surface area contributed by atoms with Crippen molar-refractivity contribution in [1.29, 1.82) is 0 Å². The van der Waals surface area contributed by atoms with Gasteiger partial charge in [0.2, 0.25) is 0 Å². The molecule has 0 radical (unpaired) electrons. The topological polar surface area (TPSA) is 20.7 Å². The molecule has 2 nitrogen and oxygen atoms in total. The van der Waals surface area contributed by atoms with Crippen molar-refractivity contribution in [3.8, 4) is 0 Å². The molecule has 0 atom stereocenters. The smallest absolute Gasteiger partial charge is 0.178 e. The van der Waals surface area contributed by atoms with Crippen LogP contribution in [0.2, 0.25) is 0 Å². The van der Waals surface area contributed by atoms with Crippen LogP contribution in [0.4, 0.5) is 0 Å². The summed E-state index contributed by atoms with van der Waals surface area (Å²) < 4.78 is 3.25. The Morgan fingerprint density at radius 1 is 1.41 bits per heavy atom. The zero-order valence-corrected chi connectivity index (χ0v) is 11.2. The van der Waals surface area contributed by atoms with Gasteiger partial charge in [0, 0.05) is 5.54 Å². The van der Waals surface area contributed by atoms with Crippen molar-refractivity contribution in [2.24, 2.45) is 0 Å². The third kappa shape index (κ3) is 1.41. The lowest BCUT2D eigenvalue weighted by molar-refractivity contribution is 0.140. The van der Waals surface area contributed by atoms with Gasteiger partial charge in [-0.25, -0.2) is 0 Å². The summed E-state index contributed by atoms with van der Waals surface area (Å²) in [4.78, 5) is 3.38. The minimum Gasteiger partial charge on any atom is -0.330 e. The number of hydrogen-bond donors (Lipinski definition) is 1. The number of hydrogen-bond acceptors (Lipinski definition) is 1. The zero-order valence-electron chi connectivity index (χ0n) is 10.4. The van der Waals surface area contributed by atoms with Gasteiger partial charge in [0.25, 0.3) is 0 Å². The monoisotopic (exact) mass is 246 g/mol. The van der Waals surface area contributed by atoms with Crippen LogP contribution in [0.1, 0.15) is 38.2 Å². The molecule has 1 saturated carbocycles. The summed E-state index contributed by atoms with van der Waals surface area (Å²) in [5, 5.41) is 0. The van der Waals surface area contributed by atoms with E-state index in [1.54, 1.807) is 0 Å². The van der Waals surface area contributed by atoms with E-state index in [1.165, 1.54) is 42.3 Å². The Bertz CT molecular complexity index is 611. The lowest BCUT2D eigenvalue weighted by Gasteiger charge is -2.43. The molecular formula is C14H18N2S. The van der Waals surface area contributed by atoms with E-state index in [2.05, 4.69) is 41.6 Å². The molecule has 1 aliphatic carbocycles. The first-order valence-electron chi connectivity index (χ1n) is 6.39. The Balaban J connectivity index is 2.33. The number of nitrogens with one attached hydrogen (secondary N) is 1. The number of aromatic amines is 1. The molecule has 0 spiro atoms. The lowest BCUT2D eigenvalue weighted by Crippen LogP contribution is -2.39. The molecule has 0 amide bonds. The van der Waals surface area contributed by atoms with Crippen molar-refractivity contribution in [2.75, 3.05) is 0 Å². The molecule has 3 heteroatoms. The number of imidazole rings is 1. The number of H-pyrrole nitrogens is 1. The van der Waals surface area contributed by atoms with E-state index in [0.717, 1.165) is 4.77 Å². The van der Waals surface area contributed by atoms with Crippen LogP contribution in [0, 0.1) is 11.7 Å². The van der Waals surface area contributed by atoms with Gasteiger partial charge in [-0.3, -0.25) is 0 Å². The highest BCUT2D eigenvalue weighted by Crippen LogP contribution is 2.44. The van der Waals surface area contributed by atoms with Gasteiger partial charge in [-0.2, -0.15) is 0 Å². The quantitative estimate of drug-likeness (QED) is 0.784. The summed E-state index contributed by atoms with van der Waals surface area (Å²) in [5.74, 6) is 0. The van der Waals surface area contributed by atoms with Crippen LogP contribution in [0.25, 0.3) is 11.0 Å². The van der Waals surface area contributed by atoms with Crippen LogP contribution >= 0.6 is 12.2 Å². The minimum absolute atomic E-state index is 0.281. The summed E-state index contributed by atoms with van der Waals surface area (Å²) in [6.07, 6.45) is 5.02. The standard InChI is InChI=1S/C14H18N2S/c1-3-14(8-5-9-14)16-11-7-4-6-10(2)12(11)15-13(16)17/h4,6-7H,3,5,8-9H2,1-2H3,(H,15,17). The average Bonchev–Trinajstić information content (AvgIpc) is 2.58. The SMILES string of the molecule is CCC1(n2c(=S)[nH]c3c(C)cccc32)CCC1. The second-order valence-corrected chi connectivity index (χ2v) is 5.55. The molecule has 2 aromatic rings. The minimum atomic E-state index is 0.281. The van der Waals surface area contributed by atoms with Gasteiger partial charge in [-0.05, 0) is 56.5 Å². The van der Waals surface area contributed by atoms with E-state index >= 15 is 0 Å². The van der Waals surface area contributed by atoms with Crippen molar-refractivity contribution >= 4 is 23.3 Å². The average molecular weight is 246 g/mol. The maximum Gasteiger partial charge on any atom is 0.178 e. The van der Waals surface area contributed by atoms with E-state index in [0.29, 0.717) is 0 Å². The fraction of sp³-hybridized carbons (Fsp3) is 0.500. The van der Waals surface area contributed by atoms with E-state index in [-0.39, 0.29) is 5.54 Å². The van der Waals surface area contributed by atoms with Gasteiger partial charge in [0.15, 0.2) is 4.77 Å². The molecule has 1 aromatic heterocycles. The zero-order chi connectivity index (χ0) is 12.0. The van der Waals surface area contributed by atoms with Crippen molar-refractivity contribution in [3.63, 3.8) is 0 Å². The third-order valence-corrected chi connectivity index (χ3v) is 4.63. The first kappa shape index (κ1) is 11.0. The molecule has 1 heterocycles. The number of nitrogens with zero attached hydrogens (tertiary/aromatic N) is 1. The van der Waals surface area contributed by atoms with Crippen LogP contribution < -0.4 is 0 Å². The maximum absolute atomic E-state index is 5.53. The highest BCUT2D eigenvalue weighted by Gasteiger charge is 2.38. The Morgan fingerprint density at radius 3 is 2.76 bits per heavy atom. The molecule has 1 aliphatic rings. The fourth-order valence-electron chi connectivity index (χ4n) is 3.06. The molecule has 0 bridgehead atoms. The summed E-state index contributed by atoms with van der Waals surface area (Å²) >= 11 is 5.53. The number of fused-ring (bicyclic) bond motifs is 1. The summed E-state index contributed by atoms with van der Waals surface area (Å²) in [6.45, 7) is 4.41. The number of aromatic nitrogens is 2. The first-order valence-corrected chi connectivity index (χ1v) is 6.79. The van der Waals surface area contributed by atoms with Gasteiger partial charge in [0.05, 0.1) is 11.0 Å². The molecule has 0 saturated heterocycles. The molecular weight excluding hydrogens is 228 g/mol. The lowest BCUT2D eigenvalue weighted by atomic mass is 9.74. The number of para-hydroxylation sites is 1. The van der Waals surface area contributed by atoms with Gasteiger partial charge >= 0.3 is 0 Å². The van der Waals surface area contributed by atoms with Gasteiger partial charge in [-0.1, -0.05) is 19.1 Å². The van der Waals surface area contributed by atoms with Crippen LogP contribution in [-0.4, -0.2) is 9.55 Å². The van der Waals surface area contributed by atoms with Crippen LogP contribution in [0.15, 0.2) is 18.2 Å². The Hall–Kier alpha value is -1.09. The van der Waals surface area contributed by atoms with Crippen molar-refractivity contribution in [3.05, 3.63) is 28.5 Å². The second kappa shape index (κ2) is 3.70. The van der Waals surface area contributed by atoms with E-state index in [1.807, 2.05) is 0 Å². The Morgan fingerprint density at radius 2 is 2.18 bits per heavy atom. The summed E-state index contributed by atoms with van der Waals surface area (Å²) in [6, 6.07) is 6.44. The first-order chi connectivity index (χ1) is 8.18. The maximum atomic E-state index is 5.53. The molecule has 1 N–H and O–H groups in total. The largest absolute Gasteiger partial charge is 0.330 e. The normalized spacial score (nSPS) is 18.2. The summed E-state index contributed by atoms with van der Waals surface area (Å²) in [7, 11) is 0. The van der Waals surface area contributed by atoms with E-state index in [9.17, 15) is 0 Å². The molecule has 0 aliphatic heterocycles. The van der Waals surface area contributed by atoms with Crippen molar-refractivity contribution in [2.45, 2.75) is 45.1 Å². The predicted molar refractivity (Wildman–Crippen MR) is 74.0 cm³/mol. The number of benzene rings is 1. The highest BCUT2D eigenvalue weighted by atomic mass is 32.1. The highest BCUT2D eigenvalue weighted by molar-refractivity contribution is 7.71. The van der Waals surface area contributed by atoms with Crippen LogP contribution in [-0.2, 0) is 5.54 Å². The fourth-order valence-corrected chi connectivity index (χ4v) is 3.46. The Kier molecular flexibility index (Phi) is 2.40.